The van der Waals surface area contributed by atoms with E-state index in [1.165, 1.54) is 0 Å². The number of halogens is 1. The molecule has 2 N–H and O–H groups in total. The second-order valence-corrected chi connectivity index (χ2v) is 5.90. The topological polar surface area (TPSA) is 62.2 Å². The van der Waals surface area contributed by atoms with Crippen molar-refractivity contribution >= 4 is 33.2 Å². The van der Waals surface area contributed by atoms with Crippen molar-refractivity contribution in [3.8, 4) is 11.8 Å². The number of amides is 1. The summed E-state index contributed by atoms with van der Waals surface area (Å²) in [4.78, 5) is 17.3. The predicted octanol–water partition coefficient (Wildman–Crippen LogP) is 2.57. The van der Waals surface area contributed by atoms with Gasteiger partial charge in [0.2, 0.25) is 0 Å². The molecule has 0 bridgehead atoms. The van der Waals surface area contributed by atoms with Crippen LogP contribution < -0.4 is 5.32 Å². The molecule has 0 fully saturated rings. The zero-order valence-corrected chi connectivity index (χ0v) is 13.5. The van der Waals surface area contributed by atoms with Gasteiger partial charge in [-0.15, -0.1) is 11.3 Å². The summed E-state index contributed by atoms with van der Waals surface area (Å²) in [5.41, 5.74) is 0.865. The van der Waals surface area contributed by atoms with Crippen molar-refractivity contribution in [3.05, 3.63) is 50.4 Å². The fourth-order valence-electron chi connectivity index (χ4n) is 1.60. The number of carbonyl (C=O) groups excluding carboxylic acids is 1. The molecule has 1 amide bonds. The third-order valence-corrected chi connectivity index (χ3v) is 4.51. The van der Waals surface area contributed by atoms with Gasteiger partial charge in [-0.1, -0.05) is 11.8 Å². The smallest absolute Gasteiger partial charge is 0.271 e. The van der Waals surface area contributed by atoms with Crippen LogP contribution in [0, 0.1) is 11.8 Å². The van der Waals surface area contributed by atoms with Crippen LogP contribution in [0.15, 0.2) is 34.2 Å². The summed E-state index contributed by atoms with van der Waals surface area (Å²) in [5, 5.41) is 13.5. The summed E-state index contributed by atoms with van der Waals surface area (Å²) < 4.78 is 0.983. The number of carbonyl (C=O) groups is 1. The number of nitrogens with zero attached hydrogens (tertiary/aromatic N) is 1. The first-order valence-corrected chi connectivity index (χ1v) is 7.94. The molecule has 2 aromatic rings. The lowest BCUT2D eigenvalue weighted by molar-refractivity contribution is 0.0946. The van der Waals surface area contributed by atoms with Gasteiger partial charge in [0, 0.05) is 22.0 Å². The zero-order valence-electron chi connectivity index (χ0n) is 11.1. The van der Waals surface area contributed by atoms with Crippen LogP contribution in [0.4, 0.5) is 0 Å². The van der Waals surface area contributed by atoms with Gasteiger partial charge in [0.1, 0.15) is 5.69 Å². The molecule has 2 rings (SSSR count). The van der Waals surface area contributed by atoms with Crippen LogP contribution in [0.5, 0.6) is 0 Å². The van der Waals surface area contributed by atoms with E-state index in [4.69, 9.17) is 5.11 Å². The molecule has 2 aromatic heterocycles. The van der Waals surface area contributed by atoms with E-state index < -0.39 is 0 Å². The average molecular weight is 365 g/mol. The second-order valence-electron chi connectivity index (χ2n) is 4.05. The van der Waals surface area contributed by atoms with Crippen LogP contribution >= 0.6 is 27.3 Å². The maximum atomic E-state index is 12.2. The molecule has 2 heterocycles. The van der Waals surface area contributed by atoms with Gasteiger partial charge in [0.05, 0.1) is 18.7 Å². The number of nitrogens with one attached hydrogen (secondary N) is 1. The van der Waals surface area contributed by atoms with E-state index in [1.54, 1.807) is 29.7 Å². The van der Waals surface area contributed by atoms with Crippen molar-refractivity contribution in [2.75, 3.05) is 6.61 Å². The van der Waals surface area contributed by atoms with Gasteiger partial charge in [-0.05, 0) is 39.5 Å². The number of hydrogen-bond acceptors (Lipinski definition) is 4. The second kappa shape index (κ2) is 7.93. The van der Waals surface area contributed by atoms with Crippen molar-refractivity contribution in [2.24, 2.45) is 0 Å². The van der Waals surface area contributed by atoms with E-state index in [2.05, 4.69) is 38.1 Å². The summed E-state index contributed by atoms with van der Waals surface area (Å²) in [6.07, 6.45) is 1.94. The monoisotopic (exact) mass is 364 g/mol. The average Bonchev–Trinajstić information content (AvgIpc) is 2.91. The highest BCUT2D eigenvalue weighted by Crippen LogP contribution is 2.22. The SMILES string of the molecule is O=C(NCc1sccc1Br)c1ncccc1C#CCCO. The molecule has 0 atom stereocenters. The Hall–Kier alpha value is -1.68. The normalized spacial score (nSPS) is 9.81. The number of aliphatic hydroxyl groups excluding tert-OH is 1. The predicted molar refractivity (Wildman–Crippen MR) is 86.0 cm³/mol. The Morgan fingerprint density at radius 2 is 2.33 bits per heavy atom. The summed E-state index contributed by atoms with van der Waals surface area (Å²) in [7, 11) is 0. The van der Waals surface area contributed by atoms with Crippen LogP contribution in [0.25, 0.3) is 0 Å². The fraction of sp³-hybridized carbons (Fsp3) is 0.200. The zero-order chi connectivity index (χ0) is 15.1. The Bertz CT molecular complexity index is 688. The van der Waals surface area contributed by atoms with Crippen molar-refractivity contribution in [2.45, 2.75) is 13.0 Å². The third-order valence-electron chi connectivity index (χ3n) is 2.58. The molecule has 0 aliphatic carbocycles. The number of aromatic nitrogens is 1. The molecule has 0 aromatic carbocycles. The number of hydrogen-bond donors (Lipinski definition) is 2. The lowest BCUT2D eigenvalue weighted by atomic mass is 10.2. The van der Waals surface area contributed by atoms with E-state index in [1.807, 2.05) is 11.4 Å². The largest absolute Gasteiger partial charge is 0.395 e. The molecule has 108 valence electrons. The van der Waals surface area contributed by atoms with Gasteiger partial charge in [-0.25, -0.2) is 4.98 Å². The van der Waals surface area contributed by atoms with Crippen LogP contribution in [-0.4, -0.2) is 22.6 Å². The Balaban J connectivity index is 2.09. The maximum Gasteiger partial charge on any atom is 0.271 e. The molecular weight excluding hydrogens is 352 g/mol. The molecule has 4 nitrogen and oxygen atoms in total. The highest BCUT2D eigenvalue weighted by atomic mass is 79.9. The summed E-state index contributed by atoms with van der Waals surface area (Å²) >= 11 is 5.00. The van der Waals surface area contributed by atoms with Crippen molar-refractivity contribution < 1.29 is 9.90 Å². The van der Waals surface area contributed by atoms with E-state index in [9.17, 15) is 4.79 Å². The molecule has 0 aliphatic heterocycles. The van der Waals surface area contributed by atoms with Crippen molar-refractivity contribution in [1.82, 2.24) is 10.3 Å². The van der Waals surface area contributed by atoms with Crippen LogP contribution in [-0.2, 0) is 6.54 Å². The lowest BCUT2D eigenvalue weighted by Gasteiger charge is -2.05. The molecular formula is C15H13BrN2O2S. The molecule has 0 unspecified atom stereocenters. The van der Waals surface area contributed by atoms with Crippen LogP contribution in [0.3, 0.4) is 0 Å². The highest BCUT2D eigenvalue weighted by molar-refractivity contribution is 9.10. The molecule has 0 radical (unpaired) electrons. The van der Waals surface area contributed by atoms with Crippen LogP contribution in [0.1, 0.15) is 27.3 Å². The Morgan fingerprint density at radius 1 is 1.48 bits per heavy atom. The number of aliphatic hydroxyl groups is 1. The van der Waals surface area contributed by atoms with E-state index >= 15 is 0 Å². The van der Waals surface area contributed by atoms with Crippen molar-refractivity contribution in [3.63, 3.8) is 0 Å². The van der Waals surface area contributed by atoms with E-state index in [-0.39, 0.29) is 12.5 Å². The summed E-state index contributed by atoms with van der Waals surface area (Å²) in [6.45, 7) is 0.443. The molecule has 0 spiro atoms. The minimum Gasteiger partial charge on any atom is -0.395 e. The first kappa shape index (κ1) is 15.7. The summed E-state index contributed by atoms with van der Waals surface area (Å²) in [5.74, 6) is 5.40. The number of thiophene rings is 1. The molecule has 0 saturated carbocycles. The minimum atomic E-state index is -0.260. The van der Waals surface area contributed by atoms with Gasteiger partial charge in [0.25, 0.3) is 5.91 Å². The van der Waals surface area contributed by atoms with Gasteiger partial charge in [0.15, 0.2) is 0 Å². The maximum absolute atomic E-state index is 12.2. The number of pyridine rings is 1. The van der Waals surface area contributed by atoms with E-state index in [0.717, 1.165) is 9.35 Å². The van der Waals surface area contributed by atoms with Gasteiger partial charge < -0.3 is 10.4 Å². The first-order valence-electron chi connectivity index (χ1n) is 6.27. The Labute approximate surface area is 135 Å². The Morgan fingerprint density at radius 3 is 3.05 bits per heavy atom. The fourth-order valence-corrected chi connectivity index (χ4v) is 3.03. The van der Waals surface area contributed by atoms with Crippen LogP contribution in [0.2, 0.25) is 0 Å². The molecule has 0 saturated heterocycles. The standard InChI is InChI=1S/C15H13BrN2O2S/c16-12-6-9-21-13(12)10-18-15(20)14-11(4-1-2-8-19)5-3-7-17-14/h3,5-7,9,19H,2,8,10H2,(H,18,20). The van der Waals surface area contributed by atoms with E-state index in [0.29, 0.717) is 24.2 Å². The van der Waals surface area contributed by atoms with Gasteiger partial charge in [-0.2, -0.15) is 0 Å². The highest BCUT2D eigenvalue weighted by Gasteiger charge is 2.12. The summed E-state index contributed by atoms with van der Waals surface area (Å²) in [6, 6.07) is 5.42. The first-order chi connectivity index (χ1) is 10.2. The third kappa shape index (κ3) is 4.39. The molecule has 0 aliphatic rings. The van der Waals surface area contributed by atoms with Crippen molar-refractivity contribution in [1.29, 1.82) is 0 Å². The molecule has 6 heteroatoms. The van der Waals surface area contributed by atoms with Gasteiger partial charge in [-0.3, -0.25) is 4.79 Å². The minimum absolute atomic E-state index is 0.00119. The number of rotatable bonds is 4. The lowest BCUT2D eigenvalue weighted by Crippen LogP contribution is -2.24. The molecule has 21 heavy (non-hydrogen) atoms. The quantitative estimate of drug-likeness (QED) is 0.819. The Kier molecular flexibility index (Phi) is 5.93. The van der Waals surface area contributed by atoms with Gasteiger partial charge >= 0.3 is 0 Å².